The maximum Gasteiger partial charge on any atom is 0.326 e. The highest BCUT2D eigenvalue weighted by molar-refractivity contribution is 7.93. The van der Waals surface area contributed by atoms with Crippen molar-refractivity contribution >= 4 is 87.7 Å². The quantitative estimate of drug-likeness (QED) is 0.0864. The van der Waals surface area contributed by atoms with Gasteiger partial charge < -0.3 is 5.32 Å². The van der Waals surface area contributed by atoms with Gasteiger partial charge in [0.05, 0.1) is 29.8 Å². The molecule has 0 aliphatic heterocycles. The highest BCUT2D eigenvalue weighted by Gasteiger charge is 2.29. The van der Waals surface area contributed by atoms with E-state index in [4.69, 9.17) is 0 Å². The number of pyridine rings is 4. The third kappa shape index (κ3) is 10.4. The van der Waals surface area contributed by atoms with E-state index in [0.29, 0.717) is 16.8 Å². The summed E-state index contributed by atoms with van der Waals surface area (Å²) in [4.78, 5) is 74.2. The van der Waals surface area contributed by atoms with Crippen LogP contribution in [0.2, 0.25) is 0 Å². The van der Waals surface area contributed by atoms with Crippen molar-refractivity contribution in [1.29, 1.82) is 0 Å². The topological polar surface area (TPSA) is 262 Å². The number of thiazole rings is 2. The summed E-state index contributed by atoms with van der Waals surface area (Å²) in [7, 11) is -7.65. The van der Waals surface area contributed by atoms with Crippen LogP contribution in [-0.4, -0.2) is 70.4 Å². The second-order valence-corrected chi connectivity index (χ2v) is 20.3. The van der Waals surface area contributed by atoms with E-state index in [9.17, 15) is 36.0 Å². The minimum Gasteiger partial charge on any atom is -0.305 e. The molecule has 0 unspecified atom stereocenters. The van der Waals surface area contributed by atoms with Crippen LogP contribution in [0.15, 0.2) is 116 Å². The second-order valence-electron chi connectivity index (χ2n) is 14.0. The monoisotopic (exact) mass is 914 g/mol. The standard InChI is InChI=1S/2C20H19N5O4S2/c26-17(13-6-1-2-7-13)14-8-5-11-22-18(14)24-19(27)25-20-23-12-16(30-20)31(28,29)15-9-3-4-10-21-15;26-18(13-5-1-2-6-13)14-8-10-21-11-15(14)24-19(27)25-20-23-12-17(30-20)31(28,29)16-7-3-4-9-22-16/h3-5,8-13H,1-2,6-7H2,(H2,22,23,24,25,27);3-4,7-13H,1-2,5-6H2,(H2,23,24,25,27). The number of hydrogen-bond donors (Lipinski definition) is 4. The molecule has 320 valence electrons. The van der Waals surface area contributed by atoms with Crippen LogP contribution in [0.4, 0.5) is 31.4 Å². The van der Waals surface area contributed by atoms with Gasteiger partial charge in [0.2, 0.25) is 19.7 Å². The molecular weight excluding hydrogens is 877 g/mol. The normalized spacial score (nSPS) is 14.3. The molecule has 62 heavy (non-hydrogen) atoms. The second kappa shape index (κ2) is 19.6. The fourth-order valence-electron chi connectivity index (χ4n) is 6.82. The molecule has 2 aliphatic rings. The van der Waals surface area contributed by atoms with Gasteiger partial charge in [-0.15, -0.1) is 0 Å². The van der Waals surface area contributed by atoms with Crippen molar-refractivity contribution in [3.63, 3.8) is 0 Å². The van der Waals surface area contributed by atoms with Crippen LogP contribution in [0.5, 0.6) is 0 Å². The van der Waals surface area contributed by atoms with Gasteiger partial charge in [0.25, 0.3) is 0 Å². The lowest BCUT2D eigenvalue weighted by Crippen LogP contribution is -2.23. The summed E-state index contributed by atoms with van der Waals surface area (Å²) in [5, 5.41) is 10.2. The van der Waals surface area contributed by atoms with Gasteiger partial charge in [-0.3, -0.25) is 30.5 Å². The first-order valence-corrected chi connectivity index (χ1v) is 23.9. The van der Waals surface area contributed by atoms with Gasteiger partial charge in [0.1, 0.15) is 14.2 Å². The zero-order valence-electron chi connectivity index (χ0n) is 32.6. The number of sulfone groups is 2. The molecule has 2 saturated carbocycles. The predicted octanol–water partition coefficient (Wildman–Crippen LogP) is 7.57. The molecule has 2 fully saturated rings. The molecule has 6 aromatic heterocycles. The first-order chi connectivity index (χ1) is 29.9. The number of nitrogens with one attached hydrogen (secondary N) is 4. The number of amides is 4. The Morgan fingerprint density at radius 1 is 0.516 bits per heavy atom. The van der Waals surface area contributed by atoms with Gasteiger partial charge in [0.15, 0.2) is 31.9 Å². The molecule has 0 bridgehead atoms. The van der Waals surface area contributed by atoms with E-state index in [2.05, 4.69) is 51.2 Å². The van der Waals surface area contributed by atoms with Gasteiger partial charge in [0, 0.05) is 42.2 Å². The van der Waals surface area contributed by atoms with E-state index in [-0.39, 0.29) is 58.0 Å². The van der Waals surface area contributed by atoms with E-state index >= 15 is 0 Å². The first-order valence-electron chi connectivity index (χ1n) is 19.3. The van der Waals surface area contributed by atoms with Gasteiger partial charge in [-0.25, -0.2) is 51.3 Å². The van der Waals surface area contributed by atoms with E-state index < -0.39 is 31.7 Å². The Kier molecular flexibility index (Phi) is 13.8. The number of nitrogens with zero attached hydrogens (tertiary/aromatic N) is 6. The molecule has 18 nitrogen and oxygen atoms in total. The van der Waals surface area contributed by atoms with Crippen molar-refractivity contribution < 1.29 is 36.0 Å². The van der Waals surface area contributed by atoms with Gasteiger partial charge in [-0.05, 0) is 68.1 Å². The summed E-state index contributed by atoms with van der Waals surface area (Å²) >= 11 is 1.62. The molecule has 0 spiro atoms. The Bertz CT molecular complexity index is 2600. The van der Waals surface area contributed by atoms with Crippen molar-refractivity contribution in [2.75, 3.05) is 21.3 Å². The number of aromatic nitrogens is 6. The van der Waals surface area contributed by atoms with Crippen LogP contribution < -0.4 is 21.3 Å². The van der Waals surface area contributed by atoms with E-state index in [1.165, 1.54) is 55.5 Å². The molecule has 0 radical (unpaired) electrons. The van der Waals surface area contributed by atoms with Crippen molar-refractivity contribution in [3.8, 4) is 0 Å². The average Bonchev–Trinajstić information content (AvgIpc) is 4.14. The highest BCUT2D eigenvalue weighted by atomic mass is 32.2. The van der Waals surface area contributed by atoms with Crippen LogP contribution in [0.1, 0.15) is 72.1 Å². The Labute approximate surface area is 364 Å². The lowest BCUT2D eigenvalue weighted by molar-refractivity contribution is 0.0916. The minimum atomic E-state index is -3.82. The number of Topliss-reactive ketones (excluding diaryl/α,β-unsaturated/α-hetero) is 2. The largest absolute Gasteiger partial charge is 0.326 e. The smallest absolute Gasteiger partial charge is 0.305 e. The number of carbonyl (C=O) groups excluding carboxylic acids is 4. The Hall–Kier alpha value is -6.36. The summed E-state index contributed by atoms with van der Waals surface area (Å²) in [5.41, 5.74) is 1.08. The molecule has 2 aliphatic carbocycles. The van der Waals surface area contributed by atoms with Gasteiger partial charge in [-0.2, -0.15) is 0 Å². The van der Waals surface area contributed by atoms with E-state index in [1.54, 1.807) is 42.5 Å². The summed E-state index contributed by atoms with van der Waals surface area (Å²) in [6.07, 6.45) is 17.0. The van der Waals surface area contributed by atoms with Crippen molar-refractivity contribution in [3.05, 3.63) is 109 Å². The number of carbonyl (C=O) groups is 4. The van der Waals surface area contributed by atoms with Crippen LogP contribution >= 0.6 is 22.7 Å². The van der Waals surface area contributed by atoms with Crippen LogP contribution in [-0.2, 0) is 19.7 Å². The first kappa shape index (κ1) is 43.7. The molecule has 4 N–H and O–H groups in total. The molecule has 6 heterocycles. The molecule has 6 aromatic rings. The van der Waals surface area contributed by atoms with Crippen LogP contribution in [0.25, 0.3) is 0 Å². The average molecular weight is 915 g/mol. The van der Waals surface area contributed by atoms with Crippen molar-refractivity contribution in [2.24, 2.45) is 11.8 Å². The van der Waals surface area contributed by atoms with Crippen molar-refractivity contribution in [1.82, 2.24) is 29.9 Å². The summed E-state index contributed by atoms with van der Waals surface area (Å²) in [6.45, 7) is 0. The Balaban J connectivity index is 0.000000186. The Morgan fingerprint density at radius 2 is 1.02 bits per heavy atom. The summed E-state index contributed by atoms with van der Waals surface area (Å²) < 4.78 is 50.3. The molecule has 0 atom stereocenters. The molecular formula is C40H38N10O8S4. The van der Waals surface area contributed by atoms with Gasteiger partial charge in [-0.1, -0.05) is 60.5 Å². The SMILES string of the molecule is O=C(Nc1ncc(S(=O)(=O)c2ccccn2)s1)Nc1cnccc1C(=O)C1CCCC1.O=C(Nc1ncc(S(=O)(=O)c2ccccn2)s1)Nc1ncccc1C(=O)C1CCCC1. The number of rotatable bonds is 12. The number of anilines is 4. The molecule has 0 aromatic carbocycles. The number of ketones is 2. The zero-order valence-corrected chi connectivity index (χ0v) is 35.9. The third-order valence-electron chi connectivity index (χ3n) is 9.86. The fraction of sp³-hybridized carbons (Fsp3) is 0.250. The summed E-state index contributed by atoms with van der Waals surface area (Å²) in [6, 6.07) is 12.7. The maximum atomic E-state index is 12.8. The van der Waals surface area contributed by atoms with Crippen LogP contribution in [0, 0.1) is 11.8 Å². The summed E-state index contributed by atoms with van der Waals surface area (Å²) in [5.74, 6) is 0.0392. The lowest BCUT2D eigenvalue weighted by Gasteiger charge is -2.13. The zero-order chi connectivity index (χ0) is 43.7. The van der Waals surface area contributed by atoms with Gasteiger partial charge >= 0.3 is 12.1 Å². The highest BCUT2D eigenvalue weighted by Crippen LogP contribution is 2.33. The molecule has 0 saturated heterocycles. The molecule has 8 rings (SSSR count). The fourth-order valence-corrected chi connectivity index (χ4v) is 11.5. The Morgan fingerprint density at radius 3 is 1.53 bits per heavy atom. The van der Waals surface area contributed by atoms with Crippen LogP contribution in [0.3, 0.4) is 0 Å². The molecule has 22 heteroatoms. The lowest BCUT2D eigenvalue weighted by atomic mass is 9.96. The van der Waals surface area contributed by atoms with E-state index in [1.807, 2.05) is 0 Å². The number of hydrogen-bond acceptors (Lipinski definition) is 16. The predicted molar refractivity (Wildman–Crippen MR) is 230 cm³/mol. The maximum absolute atomic E-state index is 12.8. The number of urea groups is 2. The minimum absolute atomic E-state index is 0.00631. The van der Waals surface area contributed by atoms with Crippen molar-refractivity contribution in [2.45, 2.75) is 69.8 Å². The third-order valence-corrected chi connectivity index (χ3v) is 15.9. The van der Waals surface area contributed by atoms with E-state index in [0.717, 1.165) is 74.0 Å². The molecule has 4 amide bonds.